The monoisotopic (exact) mass is 1030 g/mol. The van der Waals surface area contributed by atoms with Crippen molar-refractivity contribution in [3.63, 3.8) is 0 Å². The molecule has 7 atom stereocenters. The van der Waals surface area contributed by atoms with E-state index in [2.05, 4.69) is 57.5 Å². The van der Waals surface area contributed by atoms with E-state index < -0.39 is 95.5 Å². The predicted octanol–water partition coefficient (Wildman–Crippen LogP) is -2.52. The van der Waals surface area contributed by atoms with Crippen molar-refractivity contribution >= 4 is 59.2 Å². The maximum Gasteiger partial charge on any atom is 0.326 e. The van der Waals surface area contributed by atoms with E-state index in [1.807, 2.05) is 0 Å². The van der Waals surface area contributed by atoms with E-state index in [0.29, 0.717) is 29.7 Å². The van der Waals surface area contributed by atoms with Gasteiger partial charge in [-0.1, -0.05) is 42.5 Å². The number of carboxylic acid groups (broad SMARTS) is 1. The molecule has 2 fully saturated rings. The Kier molecular flexibility index (Phi) is 22.1. The van der Waals surface area contributed by atoms with Gasteiger partial charge >= 0.3 is 5.97 Å². The van der Waals surface area contributed by atoms with E-state index in [-0.39, 0.29) is 102 Å². The third kappa shape index (κ3) is 18.2. The van der Waals surface area contributed by atoms with Gasteiger partial charge < -0.3 is 74.1 Å². The van der Waals surface area contributed by atoms with Gasteiger partial charge in [0, 0.05) is 57.2 Å². The molecule has 3 aromatic rings. The number of aliphatic imine (C=N–C) groups is 1. The van der Waals surface area contributed by atoms with Crippen molar-refractivity contribution in [1.29, 1.82) is 0 Å². The van der Waals surface area contributed by atoms with Crippen LogP contribution in [-0.2, 0) is 62.4 Å². The molecule has 2 aliphatic rings. The standard InChI is InChI=1S/C49H68N14O11/c1-52-27-41(66)57-33(12-7-21-55-49(50)51)42(67)59-35-18-19-40(65)54-20-6-5-11-34(58-45(70)36(60-44(35)69)23-30-14-16-32(64)17-15-30)43(68)61-37(25-31-26-53-28-56-31)47(72)63-22-8-13-39(63)46(71)62-38(48(73)74)24-29-9-3-2-4-10-29/h2-4,9-10,14-17,26,28,33-39,52,64H,5-8,11-13,18-25,27H2,1H3,(H,53,56)(H,54,65)(H,57,66)(H,58,70)(H,59,67)(H,60,69)(H,61,68)(H,62,71)(H,73,74)(H4,50,51,55)/t33-,34?,35?,36?,37-,38-,39-/m0/s1. The zero-order chi connectivity index (χ0) is 53.6. The van der Waals surface area contributed by atoms with Crippen molar-refractivity contribution in [1.82, 2.24) is 57.4 Å². The molecule has 25 heteroatoms. The van der Waals surface area contributed by atoms with E-state index in [1.54, 1.807) is 37.4 Å². The lowest BCUT2D eigenvalue weighted by Crippen LogP contribution is -2.60. The summed E-state index contributed by atoms with van der Waals surface area (Å²) in [4.78, 5) is 136. The van der Waals surface area contributed by atoms with Crippen LogP contribution in [0.2, 0.25) is 0 Å². The summed E-state index contributed by atoms with van der Waals surface area (Å²) in [7, 11) is 1.55. The van der Waals surface area contributed by atoms with Crippen LogP contribution in [0.15, 0.2) is 72.1 Å². The summed E-state index contributed by atoms with van der Waals surface area (Å²) in [6, 6.07) is 5.58. The van der Waals surface area contributed by atoms with Gasteiger partial charge in [-0.3, -0.25) is 43.3 Å². The minimum Gasteiger partial charge on any atom is -0.508 e. The maximum absolute atomic E-state index is 14.6. The first-order valence-corrected chi connectivity index (χ1v) is 24.6. The fourth-order valence-electron chi connectivity index (χ4n) is 8.58. The van der Waals surface area contributed by atoms with Crippen LogP contribution in [0, 0.1) is 0 Å². The molecule has 2 aromatic carbocycles. The number of benzene rings is 2. The number of aromatic amines is 1. The Labute approximate surface area is 427 Å². The normalized spacial score (nSPS) is 19.9. The van der Waals surface area contributed by atoms with Crippen LogP contribution >= 0.6 is 0 Å². The molecule has 0 bridgehead atoms. The van der Waals surface area contributed by atoms with Crippen molar-refractivity contribution in [2.24, 2.45) is 16.5 Å². The highest BCUT2D eigenvalue weighted by Gasteiger charge is 2.40. The second kappa shape index (κ2) is 28.8. The summed E-state index contributed by atoms with van der Waals surface area (Å²) in [5, 5.41) is 41.6. The third-order valence-electron chi connectivity index (χ3n) is 12.4. The highest BCUT2D eigenvalue weighted by atomic mass is 16.4. The van der Waals surface area contributed by atoms with Crippen molar-refractivity contribution in [2.45, 2.75) is 119 Å². The maximum atomic E-state index is 14.6. The molecule has 8 amide bonds. The molecule has 0 saturated carbocycles. The molecule has 5 rings (SSSR count). The van der Waals surface area contributed by atoms with Crippen molar-refractivity contribution in [2.75, 3.05) is 33.2 Å². The summed E-state index contributed by atoms with van der Waals surface area (Å²) in [5.41, 5.74) is 12.5. The number of phenolic OH excluding ortho intramolecular Hbond substituents is 1. The number of nitrogens with two attached hydrogens (primary N) is 2. The van der Waals surface area contributed by atoms with E-state index in [9.17, 15) is 53.4 Å². The molecule has 0 spiro atoms. The molecule has 0 aliphatic carbocycles. The zero-order valence-corrected chi connectivity index (χ0v) is 41.3. The Morgan fingerprint density at radius 2 is 1.58 bits per heavy atom. The van der Waals surface area contributed by atoms with Crippen LogP contribution in [-0.4, -0.2) is 160 Å². The van der Waals surface area contributed by atoms with Crippen molar-refractivity contribution in [3.05, 3.63) is 83.9 Å². The molecule has 2 aliphatic heterocycles. The lowest BCUT2D eigenvalue weighted by molar-refractivity contribution is -0.145. The molecule has 25 nitrogen and oxygen atoms in total. The molecule has 1 aromatic heterocycles. The van der Waals surface area contributed by atoms with E-state index in [4.69, 9.17) is 11.5 Å². The van der Waals surface area contributed by atoms with Gasteiger partial charge in [0.15, 0.2) is 5.96 Å². The number of hydrogen-bond acceptors (Lipinski definition) is 13. The summed E-state index contributed by atoms with van der Waals surface area (Å²) >= 11 is 0. The molecule has 2 saturated heterocycles. The quantitative estimate of drug-likeness (QED) is 0.0298. The van der Waals surface area contributed by atoms with Gasteiger partial charge in [0.05, 0.1) is 12.9 Å². The Morgan fingerprint density at radius 1 is 0.838 bits per heavy atom. The van der Waals surface area contributed by atoms with Crippen LogP contribution in [0.1, 0.15) is 74.6 Å². The molecule has 15 N–H and O–H groups in total. The largest absolute Gasteiger partial charge is 0.508 e. The number of hydrogen-bond donors (Lipinski definition) is 13. The molecule has 3 heterocycles. The van der Waals surface area contributed by atoms with Crippen LogP contribution in [0.25, 0.3) is 0 Å². The predicted molar refractivity (Wildman–Crippen MR) is 268 cm³/mol. The molecule has 0 radical (unpaired) electrons. The smallest absolute Gasteiger partial charge is 0.326 e. The van der Waals surface area contributed by atoms with Crippen molar-refractivity contribution in [3.8, 4) is 5.75 Å². The fraction of sp³-hybridized carbons (Fsp3) is 0.490. The number of likely N-dealkylation sites (N-methyl/N-ethyl adjacent to an activating group) is 1. The minimum absolute atomic E-state index is 0.000409. The van der Waals surface area contributed by atoms with Gasteiger partial charge in [-0.25, -0.2) is 9.78 Å². The van der Waals surface area contributed by atoms with Crippen LogP contribution < -0.4 is 54.0 Å². The highest BCUT2D eigenvalue weighted by molar-refractivity contribution is 5.98. The zero-order valence-electron chi connectivity index (χ0n) is 41.3. The number of nitrogens with one attached hydrogen (secondary N) is 9. The van der Waals surface area contributed by atoms with Crippen LogP contribution in [0.4, 0.5) is 0 Å². The number of imidazole rings is 1. The number of aromatic nitrogens is 2. The molecular weight excluding hydrogens is 961 g/mol. The number of rotatable bonds is 21. The van der Waals surface area contributed by atoms with Crippen LogP contribution in [0.3, 0.4) is 0 Å². The summed E-state index contributed by atoms with van der Waals surface area (Å²) < 4.78 is 0. The van der Waals surface area contributed by atoms with Crippen molar-refractivity contribution < 1.29 is 53.4 Å². The fourth-order valence-corrected chi connectivity index (χ4v) is 8.58. The first kappa shape index (κ1) is 56.8. The average molecular weight is 1030 g/mol. The van der Waals surface area contributed by atoms with Gasteiger partial charge in [-0.2, -0.15) is 0 Å². The number of aliphatic carboxylic acids is 1. The summed E-state index contributed by atoms with van der Waals surface area (Å²) in [6.45, 7) is 0.285. The highest BCUT2D eigenvalue weighted by Crippen LogP contribution is 2.21. The Bertz CT molecular complexity index is 2420. The van der Waals surface area contributed by atoms with Gasteiger partial charge in [-0.05, 0) is 81.7 Å². The van der Waals surface area contributed by atoms with Gasteiger partial charge in [0.25, 0.3) is 0 Å². The number of guanidine groups is 1. The summed E-state index contributed by atoms with van der Waals surface area (Å²) in [6.07, 6.45) is 3.72. The average Bonchev–Trinajstić information content (AvgIpc) is 4.09. The molecular formula is C49H68N14O11. The first-order valence-electron chi connectivity index (χ1n) is 24.6. The molecule has 3 unspecified atom stereocenters. The molecule has 74 heavy (non-hydrogen) atoms. The van der Waals surface area contributed by atoms with Gasteiger partial charge in [0.1, 0.15) is 48.0 Å². The number of likely N-dealkylation sites (tertiary alicyclic amines) is 1. The Hall–Kier alpha value is -8.09. The number of amides is 8. The van der Waals surface area contributed by atoms with Crippen LogP contribution in [0.5, 0.6) is 5.75 Å². The van der Waals surface area contributed by atoms with Gasteiger partial charge in [0.2, 0.25) is 47.3 Å². The number of aromatic hydroxyl groups is 1. The van der Waals surface area contributed by atoms with E-state index >= 15 is 0 Å². The second-order valence-corrected chi connectivity index (χ2v) is 18.2. The lowest BCUT2D eigenvalue weighted by Gasteiger charge is -2.30. The first-order chi connectivity index (χ1) is 35.5. The summed E-state index contributed by atoms with van der Waals surface area (Å²) in [5.74, 6) is -7.02. The Balaban J connectivity index is 1.40. The van der Waals surface area contributed by atoms with Gasteiger partial charge in [-0.15, -0.1) is 0 Å². The Morgan fingerprint density at radius 3 is 2.27 bits per heavy atom. The molecule has 400 valence electrons. The number of nitrogens with zero attached hydrogens (tertiary/aromatic N) is 3. The SMILES string of the molecule is CNCC(=O)N[C@@H](CCCN=C(N)N)C(=O)NC1CCC(=O)NCCCCC(C(=O)N[C@@H](Cc2cnc[nH]2)C(=O)N2CCC[C@H]2C(=O)N[C@@H](Cc2ccccc2)C(=O)O)NC(=O)C(Cc2ccc(O)cc2)NC1=O. The number of phenols is 1. The number of carbonyl (C=O) groups excluding carboxylic acids is 8. The number of carbonyl (C=O) groups is 9. The third-order valence-corrected chi connectivity index (χ3v) is 12.4. The lowest BCUT2D eigenvalue weighted by atomic mass is 10.0. The van der Waals surface area contributed by atoms with E-state index in [0.717, 1.165) is 0 Å². The minimum atomic E-state index is -1.42. The second-order valence-electron chi connectivity index (χ2n) is 18.2. The van der Waals surface area contributed by atoms with E-state index in [1.165, 1.54) is 41.7 Å². The number of H-pyrrole nitrogens is 1. The number of carboxylic acids is 1. The topological polar surface area (TPSA) is 387 Å².